The summed E-state index contributed by atoms with van der Waals surface area (Å²) in [4.78, 5) is 14.4. The molecule has 0 aliphatic carbocycles. The Morgan fingerprint density at radius 2 is 1.79 bits per heavy atom. The second kappa shape index (κ2) is 7.81. The fourth-order valence-electron chi connectivity index (χ4n) is 3.74. The highest BCUT2D eigenvalue weighted by atomic mass is 32.2. The lowest BCUT2D eigenvalue weighted by Gasteiger charge is -2.30. The lowest BCUT2D eigenvalue weighted by molar-refractivity contribution is 0.0730. The number of anilines is 1. The molecule has 0 saturated carbocycles. The molecule has 0 atom stereocenters. The number of nitrogens with zero attached hydrogens (tertiary/aromatic N) is 2. The van der Waals surface area contributed by atoms with E-state index in [9.17, 15) is 22.0 Å². The van der Waals surface area contributed by atoms with E-state index < -0.39 is 27.6 Å². The van der Waals surface area contributed by atoms with E-state index in [1.807, 2.05) is 0 Å². The van der Waals surface area contributed by atoms with Gasteiger partial charge in [-0.05, 0) is 42.7 Å². The number of aryl methyl sites for hydroxylation is 1. The van der Waals surface area contributed by atoms with Gasteiger partial charge in [-0.15, -0.1) is 0 Å². The van der Waals surface area contributed by atoms with E-state index in [1.54, 1.807) is 0 Å². The largest absolute Gasteiger partial charge is 0.379 e. The van der Waals surface area contributed by atoms with E-state index in [0.29, 0.717) is 31.6 Å². The molecule has 2 aliphatic heterocycles. The summed E-state index contributed by atoms with van der Waals surface area (Å²) >= 11 is 0. The number of rotatable bonds is 3. The topological polar surface area (TPSA) is 66.9 Å². The molecule has 2 heterocycles. The predicted octanol–water partition coefficient (Wildman–Crippen LogP) is 2.58. The van der Waals surface area contributed by atoms with Gasteiger partial charge in [0.1, 0.15) is 11.6 Å². The van der Waals surface area contributed by atoms with Crippen molar-refractivity contribution in [3.63, 3.8) is 0 Å². The van der Waals surface area contributed by atoms with Gasteiger partial charge in [0.25, 0.3) is 5.91 Å². The number of sulfonamides is 1. The normalized spacial score (nSPS) is 17.8. The molecule has 1 amide bonds. The van der Waals surface area contributed by atoms with E-state index in [4.69, 9.17) is 4.74 Å². The molecule has 1 saturated heterocycles. The SMILES string of the molecule is O=C(c1cccc(S(=O)(=O)N2CCOCC2)c1)N1CCCc2cc(F)cc(F)c21. The Labute approximate surface area is 167 Å². The molecule has 2 aromatic carbocycles. The molecule has 154 valence electrons. The molecule has 2 aliphatic rings. The Bertz CT molecular complexity index is 1050. The van der Waals surface area contributed by atoms with Gasteiger partial charge in [-0.1, -0.05) is 6.07 Å². The Hall–Kier alpha value is -2.36. The monoisotopic (exact) mass is 422 g/mol. The maximum atomic E-state index is 14.4. The molecule has 29 heavy (non-hydrogen) atoms. The fourth-order valence-corrected chi connectivity index (χ4v) is 5.19. The fraction of sp³-hybridized carbons (Fsp3) is 0.350. The Morgan fingerprint density at radius 1 is 1.03 bits per heavy atom. The number of carbonyl (C=O) groups is 1. The zero-order chi connectivity index (χ0) is 20.6. The molecule has 9 heteroatoms. The molecule has 0 N–H and O–H groups in total. The molecular weight excluding hydrogens is 402 g/mol. The number of halogens is 2. The summed E-state index contributed by atoms with van der Waals surface area (Å²) in [7, 11) is -3.76. The maximum Gasteiger partial charge on any atom is 0.258 e. The van der Waals surface area contributed by atoms with Crippen LogP contribution in [0.2, 0.25) is 0 Å². The first kappa shape index (κ1) is 19.9. The van der Waals surface area contributed by atoms with Crippen LogP contribution in [0.1, 0.15) is 22.3 Å². The standard InChI is InChI=1S/C20H20F2N2O4S/c21-16-11-14-4-2-6-24(19(14)18(22)13-16)20(25)15-3-1-5-17(12-15)29(26,27)23-7-9-28-10-8-23/h1,3,5,11-13H,2,4,6-10H2. The van der Waals surface area contributed by atoms with Crippen LogP contribution in [-0.2, 0) is 21.2 Å². The summed E-state index contributed by atoms with van der Waals surface area (Å²) in [6.07, 6.45) is 1.03. The third-order valence-electron chi connectivity index (χ3n) is 5.14. The van der Waals surface area contributed by atoms with Crippen LogP contribution < -0.4 is 4.90 Å². The third-order valence-corrected chi connectivity index (χ3v) is 7.03. The molecular formula is C20H20F2N2O4S. The van der Waals surface area contributed by atoms with E-state index >= 15 is 0 Å². The van der Waals surface area contributed by atoms with Crippen LogP contribution in [0.4, 0.5) is 14.5 Å². The number of hydrogen-bond acceptors (Lipinski definition) is 4. The number of ether oxygens (including phenoxy) is 1. The van der Waals surface area contributed by atoms with Crippen molar-refractivity contribution in [2.75, 3.05) is 37.7 Å². The molecule has 0 bridgehead atoms. The van der Waals surface area contributed by atoms with Crippen LogP contribution in [0.25, 0.3) is 0 Å². The number of hydrogen-bond donors (Lipinski definition) is 0. The maximum absolute atomic E-state index is 14.4. The second-order valence-corrected chi connectivity index (χ2v) is 8.94. The average Bonchev–Trinajstić information content (AvgIpc) is 2.73. The van der Waals surface area contributed by atoms with Gasteiger partial charge in [-0.25, -0.2) is 17.2 Å². The van der Waals surface area contributed by atoms with E-state index in [1.165, 1.54) is 39.5 Å². The molecule has 4 rings (SSSR count). The molecule has 0 spiro atoms. The minimum Gasteiger partial charge on any atom is -0.379 e. The molecule has 0 unspecified atom stereocenters. The van der Waals surface area contributed by atoms with E-state index in [2.05, 4.69) is 0 Å². The molecule has 6 nitrogen and oxygen atoms in total. The van der Waals surface area contributed by atoms with Crippen molar-refractivity contribution in [3.05, 3.63) is 59.2 Å². The van der Waals surface area contributed by atoms with Gasteiger partial charge in [-0.2, -0.15) is 4.31 Å². The van der Waals surface area contributed by atoms with Crippen molar-refractivity contribution in [2.24, 2.45) is 0 Å². The molecule has 2 aromatic rings. The molecule has 1 fully saturated rings. The van der Waals surface area contributed by atoms with Crippen LogP contribution in [0.3, 0.4) is 0 Å². The lowest BCUT2D eigenvalue weighted by Crippen LogP contribution is -2.40. The summed E-state index contributed by atoms with van der Waals surface area (Å²) in [5.41, 5.74) is 0.624. The Balaban J connectivity index is 1.67. The minimum absolute atomic E-state index is 0.00191. The van der Waals surface area contributed by atoms with Gasteiger partial charge in [0, 0.05) is 31.3 Å². The third kappa shape index (κ3) is 3.77. The zero-order valence-corrected chi connectivity index (χ0v) is 16.4. The van der Waals surface area contributed by atoms with Gasteiger partial charge >= 0.3 is 0 Å². The smallest absolute Gasteiger partial charge is 0.258 e. The number of amides is 1. The van der Waals surface area contributed by atoms with Crippen LogP contribution in [0, 0.1) is 11.6 Å². The Kier molecular flexibility index (Phi) is 5.37. The number of carbonyl (C=O) groups excluding carboxylic acids is 1. The van der Waals surface area contributed by atoms with Crippen LogP contribution in [0.15, 0.2) is 41.3 Å². The number of morpholine rings is 1. The zero-order valence-electron chi connectivity index (χ0n) is 15.6. The van der Waals surface area contributed by atoms with Crippen LogP contribution in [0.5, 0.6) is 0 Å². The van der Waals surface area contributed by atoms with Crippen molar-refractivity contribution in [1.29, 1.82) is 0 Å². The molecule has 0 radical (unpaired) electrons. The summed E-state index contributed by atoms with van der Waals surface area (Å²) < 4.78 is 60.2. The first-order valence-corrected chi connectivity index (χ1v) is 10.8. The first-order chi connectivity index (χ1) is 13.9. The van der Waals surface area contributed by atoms with Crippen molar-refractivity contribution < 1.29 is 26.7 Å². The summed E-state index contributed by atoms with van der Waals surface area (Å²) in [6.45, 7) is 1.40. The van der Waals surface area contributed by atoms with Crippen LogP contribution >= 0.6 is 0 Å². The van der Waals surface area contributed by atoms with Gasteiger partial charge in [0.2, 0.25) is 10.0 Å². The quantitative estimate of drug-likeness (QED) is 0.763. The Morgan fingerprint density at radius 3 is 2.55 bits per heavy atom. The number of benzene rings is 2. The summed E-state index contributed by atoms with van der Waals surface area (Å²) in [5, 5.41) is 0. The summed E-state index contributed by atoms with van der Waals surface area (Å²) in [6, 6.07) is 7.72. The van der Waals surface area contributed by atoms with Gasteiger partial charge in [-0.3, -0.25) is 4.79 Å². The highest BCUT2D eigenvalue weighted by molar-refractivity contribution is 7.89. The average molecular weight is 422 g/mol. The second-order valence-electron chi connectivity index (χ2n) is 7.00. The highest BCUT2D eigenvalue weighted by Crippen LogP contribution is 2.32. The summed E-state index contributed by atoms with van der Waals surface area (Å²) in [5.74, 6) is -2.00. The van der Waals surface area contributed by atoms with E-state index in [-0.39, 0.29) is 35.8 Å². The van der Waals surface area contributed by atoms with Crippen molar-refractivity contribution in [2.45, 2.75) is 17.7 Å². The lowest BCUT2D eigenvalue weighted by atomic mass is 10.00. The van der Waals surface area contributed by atoms with Crippen molar-refractivity contribution >= 4 is 21.6 Å². The van der Waals surface area contributed by atoms with Gasteiger partial charge in [0.05, 0.1) is 23.8 Å². The highest BCUT2D eigenvalue weighted by Gasteiger charge is 2.30. The molecule has 0 aromatic heterocycles. The van der Waals surface area contributed by atoms with E-state index in [0.717, 1.165) is 6.07 Å². The predicted molar refractivity (Wildman–Crippen MR) is 102 cm³/mol. The van der Waals surface area contributed by atoms with Gasteiger partial charge < -0.3 is 9.64 Å². The first-order valence-electron chi connectivity index (χ1n) is 9.35. The van der Waals surface area contributed by atoms with Crippen LogP contribution in [-0.4, -0.2) is 51.5 Å². The minimum atomic E-state index is -3.76. The van der Waals surface area contributed by atoms with Crippen molar-refractivity contribution in [3.8, 4) is 0 Å². The number of fused-ring (bicyclic) bond motifs is 1. The van der Waals surface area contributed by atoms with Crippen molar-refractivity contribution in [1.82, 2.24) is 4.31 Å². The van der Waals surface area contributed by atoms with Gasteiger partial charge in [0.15, 0.2) is 0 Å².